The van der Waals surface area contributed by atoms with Gasteiger partial charge >= 0.3 is 0 Å². The van der Waals surface area contributed by atoms with Gasteiger partial charge in [0.25, 0.3) is 0 Å². The van der Waals surface area contributed by atoms with Gasteiger partial charge in [-0.15, -0.1) is 0 Å². The van der Waals surface area contributed by atoms with Crippen LogP contribution in [0.5, 0.6) is 0 Å². The molecule has 0 heterocycles. The van der Waals surface area contributed by atoms with Crippen LogP contribution in [-0.4, -0.2) is 5.11 Å². The first-order chi connectivity index (χ1) is 8.54. The van der Waals surface area contributed by atoms with E-state index in [1.807, 2.05) is 6.07 Å². The standard InChI is InChI=1S/C15H12FNO/c1-15(18,13-3-2-4-14(16)9-13)12-7-5-11(10-17)6-8-12/h2-9,18H,1H3. The van der Waals surface area contributed by atoms with E-state index in [-0.39, 0.29) is 5.82 Å². The molecule has 2 nitrogen and oxygen atoms in total. The lowest BCUT2D eigenvalue weighted by molar-refractivity contribution is 0.102. The average molecular weight is 241 g/mol. The zero-order valence-electron chi connectivity index (χ0n) is 9.89. The number of benzene rings is 2. The van der Waals surface area contributed by atoms with Crippen molar-refractivity contribution in [3.05, 3.63) is 71.0 Å². The van der Waals surface area contributed by atoms with Crippen molar-refractivity contribution in [3.8, 4) is 6.07 Å². The summed E-state index contributed by atoms with van der Waals surface area (Å²) in [6.07, 6.45) is 0. The largest absolute Gasteiger partial charge is 0.381 e. The van der Waals surface area contributed by atoms with Gasteiger partial charge in [-0.2, -0.15) is 5.26 Å². The maximum Gasteiger partial charge on any atom is 0.123 e. The lowest BCUT2D eigenvalue weighted by atomic mass is 9.88. The van der Waals surface area contributed by atoms with Crippen molar-refractivity contribution in [2.45, 2.75) is 12.5 Å². The first-order valence-electron chi connectivity index (χ1n) is 5.53. The highest BCUT2D eigenvalue weighted by molar-refractivity contribution is 5.39. The quantitative estimate of drug-likeness (QED) is 0.878. The van der Waals surface area contributed by atoms with E-state index in [1.54, 1.807) is 43.3 Å². The summed E-state index contributed by atoms with van der Waals surface area (Å²) in [5, 5.41) is 19.2. The topological polar surface area (TPSA) is 44.0 Å². The Balaban J connectivity index is 2.44. The summed E-state index contributed by atoms with van der Waals surface area (Å²) in [6.45, 7) is 1.60. The first-order valence-corrected chi connectivity index (χ1v) is 5.53. The summed E-state index contributed by atoms with van der Waals surface area (Å²) >= 11 is 0. The van der Waals surface area contributed by atoms with Gasteiger partial charge in [0.15, 0.2) is 0 Å². The second kappa shape index (κ2) is 4.59. The molecule has 2 aromatic carbocycles. The summed E-state index contributed by atoms with van der Waals surface area (Å²) in [6, 6.07) is 14.5. The number of hydrogen-bond acceptors (Lipinski definition) is 2. The van der Waals surface area contributed by atoms with Crippen LogP contribution in [0.2, 0.25) is 0 Å². The SMILES string of the molecule is CC(O)(c1ccc(C#N)cc1)c1cccc(F)c1. The van der Waals surface area contributed by atoms with Crippen LogP contribution >= 0.6 is 0 Å². The van der Waals surface area contributed by atoms with Gasteiger partial charge in [-0.3, -0.25) is 0 Å². The van der Waals surface area contributed by atoms with Crippen molar-refractivity contribution >= 4 is 0 Å². The highest BCUT2D eigenvalue weighted by atomic mass is 19.1. The normalized spacial score (nSPS) is 13.7. The molecule has 1 atom stereocenters. The van der Waals surface area contributed by atoms with Gasteiger partial charge < -0.3 is 5.11 Å². The molecule has 0 fully saturated rings. The average Bonchev–Trinajstić information content (AvgIpc) is 2.39. The Hall–Kier alpha value is -2.18. The lowest BCUT2D eigenvalue weighted by Crippen LogP contribution is -2.22. The molecule has 1 unspecified atom stereocenters. The molecule has 0 aliphatic heterocycles. The van der Waals surface area contributed by atoms with Crippen LogP contribution in [0.15, 0.2) is 48.5 Å². The fourth-order valence-corrected chi connectivity index (χ4v) is 1.83. The Kier molecular flexibility index (Phi) is 3.14. The van der Waals surface area contributed by atoms with Crippen molar-refractivity contribution in [1.29, 1.82) is 5.26 Å². The van der Waals surface area contributed by atoms with E-state index in [0.717, 1.165) is 0 Å². The van der Waals surface area contributed by atoms with Crippen molar-refractivity contribution in [2.75, 3.05) is 0 Å². The molecule has 0 bridgehead atoms. The van der Waals surface area contributed by atoms with E-state index in [0.29, 0.717) is 16.7 Å². The molecule has 90 valence electrons. The molecule has 0 aliphatic carbocycles. The van der Waals surface area contributed by atoms with Gasteiger partial charge in [0.05, 0.1) is 11.6 Å². The monoisotopic (exact) mass is 241 g/mol. The van der Waals surface area contributed by atoms with Crippen molar-refractivity contribution in [3.63, 3.8) is 0 Å². The van der Waals surface area contributed by atoms with Crippen LogP contribution < -0.4 is 0 Å². The number of rotatable bonds is 2. The summed E-state index contributed by atoms with van der Waals surface area (Å²) < 4.78 is 13.2. The number of aliphatic hydroxyl groups is 1. The van der Waals surface area contributed by atoms with Crippen molar-refractivity contribution in [1.82, 2.24) is 0 Å². The molecule has 3 heteroatoms. The van der Waals surface area contributed by atoms with Gasteiger partial charge in [0.1, 0.15) is 11.4 Å². The van der Waals surface area contributed by atoms with Crippen LogP contribution in [-0.2, 0) is 5.60 Å². The molecule has 18 heavy (non-hydrogen) atoms. The fraction of sp³-hybridized carbons (Fsp3) is 0.133. The smallest absolute Gasteiger partial charge is 0.123 e. The molecule has 0 aliphatic rings. The van der Waals surface area contributed by atoms with Crippen LogP contribution in [0.4, 0.5) is 4.39 Å². The molecule has 0 aromatic heterocycles. The number of nitriles is 1. The van der Waals surface area contributed by atoms with Gasteiger partial charge in [-0.25, -0.2) is 4.39 Å². The van der Waals surface area contributed by atoms with Gasteiger partial charge in [-0.1, -0.05) is 24.3 Å². The number of nitrogens with zero attached hydrogens (tertiary/aromatic N) is 1. The third-order valence-electron chi connectivity index (χ3n) is 2.96. The van der Waals surface area contributed by atoms with Crippen LogP contribution in [0, 0.1) is 17.1 Å². The molecule has 2 aromatic rings. The minimum Gasteiger partial charge on any atom is -0.381 e. The van der Waals surface area contributed by atoms with Crippen molar-refractivity contribution < 1.29 is 9.50 Å². The molecule has 0 spiro atoms. The molecule has 2 rings (SSSR count). The third kappa shape index (κ3) is 2.24. The zero-order chi connectivity index (χ0) is 13.2. The molecule has 0 saturated carbocycles. The third-order valence-corrected chi connectivity index (χ3v) is 2.96. The molecular formula is C15H12FNO. The van der Waals surface area contributed by atoms with E-state index in [2.05, 4.69) is 0 Å². The Morgan fingerprint density at radius 1 is 1.11 bits per heavy atom. The maximum absolute atomic E-state index is 13.2. The minimum atomic E-state index is -1.28. The Morgan fingerprint density at radius 3 is 2.33 bits per heavy atom. The van der Waals surface area contributed by atoms with Crippen LogP contribution in [0.1, 0.15) is 23.6 Å². The molecule has 1 N–H and O–H groups in total. The Morgan fingerprint density at radius 2 is 1.78 bits per heavy atom. The second-order valence-corrected chi connectivity index (χ2v) is 4.27. The van der Waals surface area contributed by atoms with Crippen LogP contribution in [0.25, 0.3) is 0 Å². The van der Waals surface area contributed by atoms with E-state index in [9.17, 15) is 9.50 Å². The Bertz CT molecular complexity index is 597. The van der Waals surface area contributed by atoms with Crippen LogP contribution in [0.3, 0.4) is 0 Å². The molecule has 0 radical (unpaired) electrons. The highest BCUT2D eigenvalue weighted by Crippen LogP contribution is 2.29. The molecule has 0 saturated heterocycles. The number of halogens is 1. The van der Waals surface area contributed by atoms with Gasteiger partial charge in [-0.05, 0) is 42.3 Å². The fourth-order valence-electron chi connectivity index (χ4n) is 1.83. The summed E-state index contributed by atoms with van der Waals surface area (Å²) in [5.41, 5.74) is 0.337. The van der Waals surface area contributed by atoms with E-state index in [1.165, 1.54) is 12.1 Å². The predicted octanol–water partition coefficient (Wildman–Crippen LogP) is 2.95. The maximum atomic E-state index is 13.2. The number of hydrogen-bond donors (Lipinski definition) is 1. The zero-order valence-corrected chi connectivity index (χ0v) is 9.89. The highest BCUT2D eigenvalue weighted by Gasteiger charge is 2.25. The summed E-state index contributed by atoms with van der Waals surface area (Å²) in [5.74, 6) is -0.388. The van der Waals surface area contributed by atoms with E-state index < -0.39 is 5.60 Å². The Labute approximate surface area is 105 Å². The molecule has 0 amide bonds. The second-order valence-electron chi connectivity index (χ2n) is 4.27. The lowest BCUT2D eigenvalue weighted by Gasteiger charge is -2.24. The first kappa shape index (κ1) is 12.3. The summed E-state index contributed by atoms with van der Waals surface area (Å²) in [7, 11) is 0. The summed E-state index contributed by atoms with van der Waals surface area (Å²) in [4.78, 5) is 0. The van der Waals surface area contributed by atoms with E-state index >= 15 is 0 Å². The van der Waals surface area contributed by atoms with Gasteiger partial charge in [0, 0.05) is 0 Å². The van der Waals surface area contributed by atoms with Gasteiger partial charge in [0.2, 0.25) is 0 Å². The van der Waals surface area contributed by atoms with E-state index in [4.69, 9.17) is 5.26 Å². The van der Waals surface area contributed by atoms with Crippen molar-refractivity contribution in [2.24, 2.45) is 0 Å². The predicted molar refractivity (Wildman–Crippen MR) is 66.2 cm³/mol. The molecular weight excluding hydrogens is 229 g/mol. The minimum absolute atomic E-state index is 0.388.